The predicted octanol–water partition coefficient (Wildman–Crippen LogP) is 2.92. The van der Waals surface area contributed by atoms with E-state index in [9.17, 15) is 14.4 Å². The molecule has 1 aliphatic rings. The Hall–Kier alpha value is -3.15. The zero-order valence-corrected chi connectivity index (χ0v) is 15.9. The molecule has 0 fully saturated rings. The molecule has 0 aliphatic heterocycles. The Kier molecular flexibility index (Phi) is 6.42. The van der Waals surface area contributed by atoms with E-state index >= 15 is 0 Å². The molecule has 0 heterocycles. The highest BCUT2D eigenvalue weighted by Gasteiger charge is 2.21. The Morgan fingerprint density at radius 1 is 1.07 bits per heavy atom. The van der Waals surface area contributed by atoms with Crippen molar-refractivity contribution in [3.63, 3.8) is 0 Å². The maximum Gasteiger partial charge on any atom is 0.310 e. The molecule has 0 radical (unpaired) electrons. The molecule has 6 heteroatoms. The van der Waals surface area contributed by atoms with Gasteiger partial charge in [0.15, 0.2) is 6.61 Å². The van der Waals surface area contributed by atoms with Gasteiger partial charge in [-0.2, -0.15) is 0 Å². The quantitative estimate of drug-likeness (QED) is 0.755. The fourth-order valence-corrected chi connectivity index (χ4v) is 3.41. The predicted molar refractivity (Wildman–Crippen MR) is 106 cm³/mol. The third-order valence-corrected chi connectivity index (χ3v) is 4.69. The SMILES string of the molecule is CC(=O)Nc1ccc(CC(=O)OCC(=O)N[C@H]2CCCc3ccccc32)cc1. The second-order valence-electron chi connectivity index (χ2n) is 6.93. The normalized spacial score (nSPS) is 15.2. The highest BCUT2D eigenvalue weighted by Crippen LogP contribution is 2.29. The maximum atomic E-state index is 12.2. The number of carbonyl (C=O) groups is 3. The number of esters is 1. The van der Waals surface area contributed by atoms with Gasteiger partial charge in [0.05, 0.1) is 12.5 Å². The fraction of sp³-hybridized carbons (Fsp3) is 0.318. The number of amides is 2. The number of hydrogen-bond donors (Lipinski definition) is 2. The number of hydrogen-bond acceptors (Lipinski definition) is 4. The van der Waals surface area contributed by atoms with Gasteiger partial charge in [-0.3, -0.25) is 14.4 Å². The number of nitrogens with one attached hydrogen (secondary N) is 2. The Bertz CT molecular complexity index is 861. The lowest BCUT2D eigenvalue weighted by Gasteiger charge is -2.26. The van der Waals surface area contributed by atoms with Crippen LogP contribution in [0.2, 0.25) is 0 Å². The summed E-state index contributed by atoms with van der Waals surface area (Å²) in [5, 5.41) is 5.63. The van der Waals surface area contributed by atoms with Crippen molar-refractivity contribution < 1.29 is 19.1 Å². The molecule has 0 saturated carbocycles. The third kappa shape index (κ3) is 5.42. The molecular weight excluding hydrogens is 356 g/mol. The van der Waals surface area contributed by atoms with Crippen molar-refractivity contribution in [1.82, 2.24) is 5.32 Å². The Balaban J connectivity index is 1.46. The zero-order chi connectivity index (χ0) is 19.9. The zero-order valence-electron chi connectivity index (χ0n) is 15.9. The number of fused-ring (bicyclic) bond motifs is 1. The highest BCUT2D eigenvalue weighted by molar-refractivity contribution is 5.88. The molecule has 0 aromatic heterocycles. The van der Waals surface area contributed by atoms with Gasteiger partial charge in [-0.15, -0.1) is 0 Å². The van der Waals surface area contributed by atoms with Crippen LogP contribution in [0.25, 0.3) is 0 Å². The Morgan fingerprint density at radius 2 is 1.82 bits per heavy atom. The largest absolute Gasteiger partial charge is 0.455 e. The summed E-state index contributed by atoms with van der Waals surface area (Å²) in [6, 6.07) is 15.0. The first kappa shape index (κ1) is 19.6. The van der Waals surface area contributed by atoms with Gasteiger partial charge >= 0.3 is 5.97 Å². The van der Waals surface area contributed by atoms with Crippen LogP contribution in [0, 0.1) is 0 Å². The molecule has 3 rings (SSSR count). The fourth-order valence-electron chi connectivity index (χ4n) is 3.41. The molecule has 0 saturated heterocycles. The van der Waals surface area contributed by atoms with Crippen molar-refractivity contribution in [1.29, 1.82) is 0 Å². The van der Waals surface area contributed by atoms with E-state index in [0.29, 0.717) is 5.69 Å². The minimum atomic E-state index is -0.466. The average molecular weight is 380 g/mol. The van der Waals surface area contributed by atoms with Crippen LogP contribution in [0.5, 0.6) is 0 Å². The first-order chi connectivity index (χ1) is 13.5. The van der Waals surface area contributed by atoms with Crippen LogP contribution in [-0.4, -0.2) is 24.4 Å². The molecule has 0 bridgehead atoms. The van der Waals surface area contributed by atoms with E-state index in [1.54, 1.807) is 24.3 Å². The van der Waals surface area contributed by atoms with E-state index < -0.39 is 5.97 Å². The molecule has 0 unspecified atom stereocenters. The van der Waals surface area contributed by atoms with Crippen molar-refractivity contribution in [3.8, 4) is 0 Å². The summed E-state index contributed by atoms with van der Waals surface area (Å²) in [6.07, 6.45) is 3.01. The molecule has 1 atom stereocenters. The van der Waals surface area contributed by atoms with E-state index in [2.05, 4.69) is 16.7 Å². The Morgan fingerprint density at radius 3 is 2.57 bits per heavy atom. The summed E-state index contributed by atoms with van der Waals surface area (Å²) in [6.45, 7) is 1.14. The van der Waals surface area contributed by atoms with Gasteiger partial charge in [-0.05, 0) is 48.1 Å². The van der Waals surface area contributed by atoms with Crippen LogP contribution in [-0.2, 0) is 32.0 Å². The van der Waals surface area contributed by atoms with Crippen molar-refractivity contribution in [2.75, 3.05) is 11.9 Å². The monoisotopic (exact) mass is 380 g/mol. The van der Waals surface area contributed by atoms with Gasteiger partial charge in [0.1, 0.15) is 0 Å². The van der Waals surface area contributed by atoms with Gasteiger partial charge in [0, 0.05) is 12.6 Å². The van der Waals surface area contributed by atoms with Crippen LogP contribution < -0.4 is 10.6 Å². The van der Waals surface area contributed by atoms with Crippen LogP contribution in [0.1, 0.15) is 42.5 Å². The molecule has 2 aromatic carbocycles. The minimum Gasteiger partial charge on any atom is -0.455 e. The summed E-state index contributed by atoms with van der Waals surface area (Å²) in [7, 11) is 0. The summed E-state index contributed by atoms with van der Waals surface area (Å²) in [5.41, 5.74) is 3.82. The molecule has 146 valence electrons. The minimum absolute atomic E-state index is 0.0301. The summed E-state index contributed by atoms with van der Waals surface area (Å²) in [5.74, 6) is -0.915. The lowest BCUT2D eigenvalue weighted by atomic mass is 9.88. The number of anilines is 1. The Labute approximate surface area is 164 Å². The second kappa shape index (κ2) is 9.17. The van der Waals surface area contributed by atoms with Crippen LogP contribution in [0.15, 0.2) is 48.5 Å². The summed E-state index contributed by atoms with van der Waals surface area (Å²) >= 11 is 0. The highest BCUT2D eigenvalue weighted by atomic mass is 16.5. The van der Waals surface area contributed by atoms with Crippen molar-refractivity contribution >= 4 is 23.5 Å². The van der Waals surface area contributed by atoms with Gasteiger partial charge in [-0.25, -0.2) is 0 Å². The van der Waals surface area contributed by atoms with E-state index in [4.69, 9.17) is 4.74 Å². The molecule has 2 aromatic rings. The van der Waals surface area contributed by atoms with Crippen molar-refractivity contribution in [2.45, 2.75) is 38.6 Å². The molecule has 1 aliphatic carbocycles. The molecule has 2 amide bonds. The van der Waals surface area contributed by atoms with Gasteiger partial charge in [-0.1, -0.05) is 36.4 Å². The van der Waals surface area contributed by atoms with E-state index in [1.807, 2.05) is 18.2 Å². The van der Waals surface area contributed by atoms with Crippen molar-refractivity contribution in [3.05, 3.63) is 65.2 Å². The van der Waals surface area contributed by atoms with Gasteiger partial charge < -0.3 is 15.4 Å². The van der Waals surface area contributed by atoms with E-state index in [0.717, 1.165) is 30.4 Å². The topological polar surface area (TPSA) is 84.5 Å². The molecule has 0 spiro atoms. The summed E-state index contributed by atoms with van der Waals surface area (Å²) < 4.78 is 5.11. The van der Waals surface area contributed by atoms with Crippen LogP contribution in [0.3, 0.4) is 0 Å². The first-order valence-electron chi connectivity index (χ1n) is 9.40. The number of aryl methyl sites for hydroxylation is 1. The molecule has 6 nitrogen and oxygen atoms in total. The van der Waals surface area contributed by atoms with Gasteiger partial charge in [0.2, 0.25) is 5.91 Å². The smallest absolute Gasteiger partial charge is 0.310 e. The molecule has 28 heavy (non-hydrogen) atoms. The van der Waals surface area contributed by atoms with Crippen molar-refractivity contribution in [2.24, 2.45) is 0 Å². The van der Waals surface area contributed by atoms with Gasteiger partial charge in [0.25, 0.3) is 5.91 Å². The van der Waals surface area contributed by atoms with Crippen LogP contribution >= 0.6 is 0 Å². The van der Waals surface area contributed by atoms with E-state index in [-0.39, 0.29) is 30.9 Å². The van der Waals surface area contributed by atoms with Crippen LogP contribution in [0.4, 0.5) is 5.69 Å². The summed E-state index contributed by atoms with van der Waals surface area (Å²) in [4.78, 5) is 35.2. The lowest BCUT2D eigenvalue weighted by molar-refractivity contribution is -0.148. The average Bonchev–Trinajstić information content (AvgIpc) is 2.68. The third-order valence-electron chi connectivity index (χ3n) is 4.69. The second-order valence-corrected chi connectivity index (χ2v) is 6.93. The first-order valence-corrected chi connectivity index (χ1v) is 9.40. The number of rotatable bonds is 6. The number of carbonyl (C=O) groups excluding carboxylic acids is 3. The number of benzene rings is 2. The number of ether oxygens (including phenoxy) is 1. The lowest BCUT2D eigenvalue weighted by Crippen LogP contribution is -2.34. The maximum absolute atomic E-state index is 12.2. The van der Waals surface area contributed by atoms with E-state index in [1.165, 1.54) is 12.5 Å². The standard InChI is InChI=1S/C22H24N2O4/c1-15(25)23-18-11-9-16(10-12-18)13-22(27)28-14-21(26)24-20-8-4-6-17-5-2-3-7-19(17)20/h2-3,5,7,9-12,20H,4,6,8,13-14H2,1H3,(H,23,25)(H,24,26)/t20-/m0/s1. The molecular formula is C22H24N2O4. The molecule has 2 N–H and O–H groups in total.